The Hall–Kier alpha value is -4.22. The molecule has 0 bridgehead atoms. The maximum atomic E-state index is 13.3. The van der Waals surface area contributed by atoms with Crippen molar-refractivity contribution in [1.82, 2.24) is 21.3 Å². The summed E-state index contributed by atoms with van der Waals surface area (Å²) < 4.78 is 71.0. The first-order chi connectivity index (χ1) is 53.7. The Kier molecular flexibility index (Phi) is 74.1. The lowest BCUT2D eigenvalue weighted by molar-refractivity contribution is -0.151. The second-order valence-corrected chi connectivity index (χ2v) is 32.9. The van der Waals surface area contributed by atoms with Gasteiger partial charge in [0.15, 0.2) is 0 Å². The van der Waals surface area contributed by atoms with E-state index >= 15 is 0 Å². The number of hydrogen-bond acceptors (Lipinski definition) is 18. The Balaban J connectivity index is 5.66. The van der Waals surface area contributed by atoms with Crippen LogP contribution >= 0.6 is 15.6 Å². The van der Waals surface area contributed by atoms with Crippen LogP contribution in [0, 0.1) is 0 Å². The quantitative estimate of drug-likeness (QED) is 0.0108. The summed E-state index contributed by atoms with van der Waals surface area (Å²) in [6.07, 6.45) is 53.7. The molecule has 0 aromatic carbocycles. The molecule has 0 aliphatic rings. The third-order valence-electron chi connectivity index (χ3n) is 19.1. The van der Waals surface area contributed by atoms with Crippen LogP contribution in [0.5, 0.6) is 0 Å². The monoisotopic (exact) mass is 1620 g/mol. The minimum Gasteiger partial charge on any atom is -0.462 e. The lowest BCUT2D eigenvalue weighted by Crippen LogP contribution is -2.42. The molecule has 0 rings (SSSR count). The molecule has 0 aliphatic heterocycles. The van der Waals surface area contributed by atoms with Crippen LogP contribution in [-0.2, 0) is 84.5 Å². The molecule has 0 aromatic heterocycles. The Morgan fingerprint density at radius 2 is 0.613 bits per heavy atom. The molecule has 6 N–H and O–H groups in total. The van der Waals surface area contributed by atoms with Gasteiger partial charge < -0.3 is 50.0 Å². The van der Waals surface area contributed by atoms with Crippen molar-refractivity contribution in [2.45, 2.75) is 406 Å². The summed E-state index contributed by atoms with van der Waals surface area (Å²) in [5, 5.41) is 10.2. The number of Topliss-reactive ketones (excluding diaryl/α,β-unsaturated/α-hetero) is 2. The number of ether oxygens (including phenoxy) is 4. The van der Waals surface area contributed by atoms with Crippen molar-refractivity contribution in [3.8, 4) is 0 Å². The van der Waals surface area contributed by atoms with E-state index in [1.165, 1.54) is 89.9 Å². The minimum absolute atomic E-state index is 0.130. The zero-order valence-electron chi connectivity index (χ0n) is 70.3. The first-order valence-electron chi connectivity index (χ1n) is 43.9. The zero-order valence-corrected chi connectivity index (χ0v) is 72.1. The maximum absolute atomic E-state index is 13.3. The van der Waals surface area contributed by atoms with Gasteiger partial charge in [-0.1, -0.05) is 258 Å². The summed E-state index contributed by atoms with van der Waals surface area (Å²) in [5.41, 5.74) is 0. The summed E-state index contributed by atoms with van der Waals surface area (Å²) in [5.74, 6) is -3.82. The van der Waals surface area contributed by atoms with Gasteiger partial charge >= 0.3 is 27.6 Å². The predicted molar refractivity (Wildman–Crippen MR) is 442 cm³/mol. The summed E-state index contributed by atoms with van der Waals surface area (Å²) in [6, 6.07) is -2.00. The molecule has 0 spiro atoms. The first kappa shape index (κ1) is 107. The highest BCUT2D eigenvalue weighted by Gasteiger charge is 2.28. The van der Waals surface area contributed by atoms with Gasteiger partial charge in [-0.25, -0.2) is 9.13 Å². The maximum Gasteiger partial charge on any atom is 0.472 e. The molecule has 0 saturated carbocycles. The number of esters is 2. The number of unbranched alkanes of at least 4 members (excludes halogenated alkanes) is 34. The summed E-state index contributed by atoms with van der Waals surface area (Å²) in [4.78, 5) is 125. The van der Waals surface area contributed by atoms with Crippen LogP contribution in [0.2, 0.25) is 0 Å². The number of ketones is 2. The SMILES string of the molecule is CCCCCC/C=C\CCCC(=O)O[C@H](CCCCCCC)CCOCC(COP(=O)(O)OCCNC(=O)CC(=O)NCCOP(=O)(O)OCC(COCC[C@@H](CCCCCCC)OC(=O)CCC/C=C\CCCCCC)NC(=O)CC(=O)CCCCCCCCCCC)NC(=O)CC(=O)CCCCCCCCCCC. The lowest BCUT2D eigenvalue weighted by atomic mass is 10.0. The van der Waals surface area contributed by atoms with Crippen molar-refractivity contribution < 1.29 is 94.3 Å². The number of phosphoric ester groups is 2. The number of rotatable bonds is 84. The van der Waals surface area contributed by atoms with E-state index in [2.05, 4.69) is 87.1 Å². The van der Waals surface area contributed by atoms with Crippen molar-refractivity contribution in [3.63, 3.8) is 0 Å². The van der Waals surface area contributed by atoms with Crippen LogP contribution in [0.25, 0.3) is 0 Å². The van der Waals surface area contributed by atoms with Crippen molar-refractivity contribution >= 4 is 62.8 Å². The molecule has 0 heterocycles. The molecular weight excluding hydrogens is 1460 g/mol. The van der Waals surface area contributed by atoms with Crippen molar-refractivity contribution in [2.75, 3.05) is 65.9 Å². The fraction of sp³-hybridized carbons (Fsp3) is 0.859. The van der Waals surface area contributed by atoms with Crippen LogP contribution in [0.4, 0.5) is 0 Å². The normalized spacial score (nSPS) is 13.8. The van der Waals surface area contributed by atoms with Gasteiger partial charge in [0.25, 0.3) is 0 Å². The minimum atomic E-state index is -4.83. The van der Waals surface area contributed by atoms with E-state index in [1.54, 1.807) is 0 Å². The first-order valence-corrected chi connectivity index (χ1v) is 46.9. The Bertz CT molecular complexity index is 2330. The van der Waals surface area contributed by atoms with E-state index in [-0.39, 0.29) is 75.9 Å². The molecule has 26 heteroatoms. The van der Waals surface area contributed by atoms with E-state index < -0.39 is 109 Å². The smallest absolute Gasteiger partial charge is 0.462 e. The molecule has 111 heavy (non-hydrogen) atoms. The molecule has 24 nitrogen and oxygen atoms in total. The van der Waals surface area contributed by atoms with E-state index in [0.29, 0.717) is 64.2 Å². The van der Waals surface area contributed by atoms with Crippen LogP contribution in [0.15, 0.2) is 24.3 Å². The molecule has 0 aromatic rings. The number of hydrogen-bond donors (Lipinski definition) is 6. The number of allylic oxidation sites excluding steroid dienone is 4. The topological polar surface area (TPSA) is 333 Å². The highest BCUT2D eigenvalue weighted by Crippen LogP contribution is 2.44. The molecule has 4 amide bonds. The van der Waals surface area contributed by atoms with Gasteiger partial charge in [-0.2, -0.15) is 0 Å². The highest BCUT2D eigenvalue weighted by atomic mass is 31.2. The van der Waals surface area contributed by atoms with Crippen LogP contribution in [0.3, 0.4) is 0 Å². The van der Waals surface area contributed by atoms with Gasteiger partial charge in [0.2, 0.25) is 23.6 Å². The van der Waals surface area contributed by atoms with Gasteiger partial charge in [-0.3, -0.25) is 56.5 Å². The molecule has 6 atom stereocenters. The van der Waals surface area contributed by atoms with Crippen molar-refractivity contribution in [2.24, 2.45) is 0 Å². The van der Waals surface area contributed by atoms with Gasteiger partial charge in [0.1, 0.15) is 30.2 Å². The van der Waals surface area contributed by atoms with E-state index in [4.69, 9.17) is 37.0 Å². The average Bonchev–Trinajstić information content (AvgIpc) is 0.911. The fourth-order valence-corrected chi connectivity index (χ4v) is 14.0. The number of nitrogens with one attached hydrogen (secondary N) is 4. The van der Waals surface area contributed by atoms with Crippen molar-refractivity contribution in [3.05, 3.63) is 24.3 Å². The van der Waals surface area contributed by atoms with Crippen LogP contribution < -0.4 is 21.3 Å². The second kappa shape index (κ2) is 77.0. The van der Waals surface area contributed by atoms with Gasteiger partial charge in [0, 0.05) is 51.6 Å². The number of carbonyl (C=O) groups excluding carboxylic acids is 8. The van der Waals surface area contributed by atoms with Gasteiger partial charge in [-0.05, 0) is 89.9 Å². The number of amides is 4. The molecular formula is C85H158N4O20P2. The Morgan fingerprint density at radius 3 is 0.946 bits per heavy atom. The van der Waals surface area contributed by atoms with Crippen molar-refractivity contribution in [1.29, 1.82) is 0 Å². The predicted octanol–water partition coefficient (Wildman–Crippen LogP) is 19.4. The number of carbonyl (C=O) groups is 8. The van der Waals surface area contributed by atoms with Crippen LogP contribution in [0.1, 0.15) is 382 Å². The van der Waals surface area contributed by atoms with Gasteiger partial charge in [-0.15, -0.1) is 0 Å². The summed E-state index contributed by atoms with van der Waals surface area (Å²) in [7, 11) is -9.66. The number of phosphoric acid groups is 2. The summed E-state index contributed by atoms with van der Waals surface area (Å²) in [6.45, 7) is 10.1. The molecule has 0 radical (unpaired) electrons. The fourth-order valence-electron chi connectivity index (χ4n) is 12.5. The molecule has 0 fully saturated rings. The Morgan fingerprint density at radius 1 is 0.315 bits per heavy atom. The zero-order chi connectivity index (χ0) is 81.8. The second-order valence-electron chi connectivity index (χ2n) is 30.0. The standard InChI is InChI=1S/C85H158N4O20P2/c1-7-13-19-25-29-33-37-43-47-53-76(90)67-82(94)88-74(70-102-63-59-78(55-49-41-23-17-11-5)108-84(96)57-51-45-39-35-31-27-21-15-9-3)72-106-110(98,99)104-65-61-86-80(92)69-81(93)87-62-66-105-111(100,101)107-73-75(89-83(95)68-77(91)54-48-44-38-34-30-26-20-14-8-2)71-103-64-60-79(56-50-42-24-18-12-6)109-85(97)58-52-46-40-36-32-28-22-16-10-4/h35-36,39-40,74-75,78-79H,7-34,37-38,41-73H2,1-6H3,(H,86,92)(H,87,93)(H,88,94)(H,89,95)(H,98,99)(H,100,101)/b39-35-,40-36-/t74?,75?,78-,79-/m1/s1. The van der Waals surface area contributed by atoms with E-state index in [0.717, 1.165) is 154 Å². The van der Waals surface area contributed by atoms with Gasteiger partial charge in [0.05, 0.1) is 77.8 Å². The third kappa shape index (κ3) is 74.4. The van der Waals surface area contributed by atoms with E-state index in [9.17, 15) is 57.3 Å². The Labute approximate surface area is 671 Å². The molecule has 0 aliphatic carbocycles. The summed E-state index contributed by atoms with van der Waals surface area (Å²) >= 11 is 0. The third-order valence-corrected chi connectivity index (χ3v) is 21.0. The lowest BCUT2D eigenvalue weighted by Gasteiger charge is -2.22. The average molecular weight is 1620 g/mol. The largest absolute Gasteiger partial charge is 0.472 e. The molecule has 648 valence electrons. The molecule has 4 unspecified atom stereocenters. The highest BCUT2D eigenvalue weighted by molar-refractivity contribution is 7.47. The van der Waals surface area contributed by atoms with Crippen LogP contribution in [-0.4, -0.2) is 147 Å². The molecule has 0 saturated heterocycles. The van der Waals surface area contributed by atoms with E-state index in [1.807, 2.05) is 0 Å².